The molecule has 0 bridgehead atoms. The molecule has 0 radical (unpaired) electrons. The van der Waals surface area contributed by atoms with Gasteiger partial charge in [0, 0.05) is 0 Å². The zero-order valence-electron chi connectivity index (χ0n) is 13.4. The first kappa shape index (κ1) is 17.3. The van der Waals surface area contributed by atoms with E-state index in [9.17, 15) is 13.2 Å². The summed E-state index contributed by atoms with van der Waals surface area (Å²) in [4.78, 5) is 16.9. The second-order valence-electron chi connectivity index (χ2n) is 5.01. The Morgan fingerprint density at radius 3 is 2.68 bits per heavy atom. The number of amides is 1. The number of sulfonamides is 1. The minimum atomic E-state index is -3.53. The van der Waals surface area contributed by atoms with Crippen LogP contribution >= 0.6 is 11.3 Å². The molecule has 0 saturated carbocycles. The number of hydrogen-bond donors (Lipinski definition) is 2. The van der Waals surface area contributed by atoms with Gasteiger partial charge in [-0.25, -0.2) is 18.1 Å². The maximum atomic E-state index is 12.4. The van der Waals surface area contributed by atoms with Gasteiger partial charge in [-0.15, -0.1) is 0 Å². The number of hydrogen-bond acceptors (Lipinski definition) is 6. The molecule has 0 atom stereocenters. The number of anilines is 1. The molecule has 1 heterocycles. The molecule has 7 nitrogen and oxygen atoms in total. The first-order valence-electron chi connectivity index (χ1n) is 7.23. The smallest absolute Gasteiger partial charge is 0.261 e. The summed E-state index contributed by atoms with van der Waals surface area (Å²) in [6, 6.07) is 11.5. The summed E-state index contributed by atoms with van der Waals surface area (Å²) in [6.45, 7) is 0. The third kappa shape index (κ3) is 3.48. The third-order valence-corrected chi connectivity index (χ3v) is 5.86. The average molecular weight is 377 g/mol. The summed E-state index contributed by atoms with van der Waals surface area (Å²) in [5.74, 6) is 0.114. The Kier molecular flexibility index (Phi) is 4.71. The van der Waals surface area contributed by atoms with E-state index in [1.807, 2.05) is 0 Å². The number of fused-ring (bicyclic) bond motifs is 1. The molecule has 0 fully saturated rings. The minimum absolute atomic E-state index is 0.147. The van der Waals surface area contributed by atoms with Gasteiger partial charge < -0.3 is 4.74 Å². The quantitative estimate of drug-likeness (QED) is 0.712. The number of methoxy groups -OCH3 is 1. The molecule has 0 unspecified atom stereocenters. The lowest BCUT2D eigenvalue weighted by molar-refractivity contribution is 0.102. The van der Waals surface area contributed by atoms with Crippen LogP contribution in [0.15, 0.2) is 47.4 Å². The van der Waals surface area contributed by atoms with E-state index in [2.05, 4.69) is 15.0 Å². The highest BCUT2D eigenvalue weighted by molar-refractivity contribution is 7.89. The second kappa shape index (κ2) is 6.79. The molecule has 1 amide bonds. The van der Waals surface area contributed by atoms with Crippen LogP contribution in [0.5, 0.6) is 5.75 Å². The fourth-order valence-electron chi connectivity index (χ4n) is 2.24. The average Bonchev–Trinajstić information content (AvgIpc) is 3.02. The van der Waals surface area contributed by atoms with E-state index < -0.39 is 10.0 Å². The van der Waals surface area contributed by atoms with Crippen molar-refractivity contribution < 1.29 is 17.9 Å². The van der Waals surface area contributed by atoms with Gasteiger partial charge >= 0.3 is 0 Å². The van der Waals surface area contributed by atoms with Crippen LogP contribution in [0.4, 0.5) is 5.13 Å². The molecule has 25 heavy (non-hydrogen) atoms. The summed E-state index contributed by atoms with van der Waals surface area (Å²) in [6.07, 6.45) is 0. The SMILES string of the molecule is CNS(=O)(=O)c1ccc2nc(NC(=O)c3ccccc3OC)sc2c1. The molecular formula is C16H15N3O4S2. The fourth-order valence-corrected chi connectivity index (χ4v) is 3.97. The molecule has 0 spiro atoms. The van der Waals surface area contributed by atoms with Gasteiger partial charge in [-0.05, 0) is 37.4 Å². The second-order valence-corrected chi connectivity index (χ2v) is 7.93. The molecule has 0 aliphatic carbocycles. The van der Waals surface area contributed by atoms with Crippen molar-refractivity contribution in [3.05, 3.63) is 48.0 Å². The van der Waals surface area contributed by atoms with Crippen molar-refractivity contribution >= 4 is 42.6 Å². The Labute approximate surface area is 148 Å². The topological polar surface area (TPSA) is 97.4 Å². The molecule has 3 rings (SSSR count). The number of nitrogens with one attached hydrogen (secondary N) is 2. The van der Waals surface area contributed by atoms with Crippen LogP contribution in [0.3, 0.4) is 0 Å². The van der Waals surface area contributed by atoms with Crippen LogP contribution in [0.1, 0.15) is 10.4 Å². The van der Waals surface area contributed by atoms with E-state index in [1.165, 1.54) is 37.6 Å². The lowest BCUT2D eigenvalue weighted by Gasteiger charge is -2.06. The van der Waals surface area contributed by atoms with Gasteiger partial charge in [-0.1, -0.05) is 23.5 Å². The molecule has 3 aromatic rings. The lowest BCUT2D eigenvalue weighted by Crippen LogP contribution is -2.18. The predicted octanol–water partition coefficient (Wildman–Crippen LogP) is 2.47. The number of benzene rings is 2. The van der Waals surface area contributed by atoms with Crippen LogP contribution < -0.4 is 14.8 Å². The summed E-state index contributed by atoms with van der Waals surface area (Å²) in [7, 11) is -0.685. The number of carbonyl (C=O) groups is 1. The predicted molar refractivity (Wildman–Crippen MR) is 96.8 cm³/mol. The molecule has 0 aliphatic heterocycles. The standard InChI is InChI=1S/C16H15N3O4S2/c1-17-25(21,22)10-7-8-12-14(9-10)24-16(18-12)19-15(20)11-5-3-4-6-13(11)23-2/h3-9,17H,1-2H3,(H,18,19,20). The Morgan fingerprint density at radius 1 is 1.20 bits per heavy atom. The number of rotatable bonds is 5. The van der Waals surface area contributed by atoms with E-state index in [1.54, 1.807) is 30.3 Å². The first-order chi connectivity index (χ1) is 11.9. The molecule has 0 saturated heterocycles. The van der Waals surface area contributed by atoms with Crippen LogP contribution in [0, 0.1) is 0 Å². The van der Waals surface area contributed by atoms with Crippen LogP contribution in [0.25, 0.3) is 10.2 Å². The van der Waals surface area contributed by atoms with Crippen molar-refractivity contribution in [1.82, 2.24) is 9.71 Å². The molecule has 1 aromatic heterocycles. The van der Waals surface area contributed by atoms with Crippen molar-refractivity contribution in [2.45, 2.75) is 4.90 Å². The van der Waals surface area contributed by atoms with Gasteiger partial charge in [0.2, 0.25) is 10.0 Å². The minimum Gasteiger partial charge on any atom is -0.496 e. The Bertz CT molecular complexity index is 1040. The van der Waals surface area contributed by atoms with E-state index in [0.717, 1.165) is 0 Å². The van der Waals surface area contributed by atoms with Gasteiger partial charge in [-0.3, -0.25) is 10.1 Å². The van der Waals surface area contributed by atoms with Crippen molar-refractivity contribution in [2.24, 2.45) is 0 Å². The first-order valence-corrected chi connectivity index (χ1v) is 9.53. The third-order valence-electron chi connectivity index (χ3n) is 3.51. The Hall–Kier alpha value is -2.49. The van der Waals surface area contributed by atoms with Gasteiger partial charge in [0.05, 0.1) is 27.8 Å². The molecule has 2 N–H and O–H groups in total. The molecular weight excluding hydrogens is 362 g/mol. The van der Waals surface area contributed by atoms with Crippen LogP contribution in [-0.4, -0.2) is 33.5 Å². The normalized spacial score (nSPS) is 11.4. The summed E-state index contributed by atoms with van der Waals surface area (Å²) in [5, 5.41) is 3.10. The van der Waals surface area contributed by atoms with E-state index >= 15 is 0 Å². The highest BCUT2D eigenvalue weighted by Gasteiger charge is 2.16. The summed E-state index contributed by atoms with van der Waals surface area (Å²) >= 11 is 1.20. The molecule has 2 aromatic carbocycles. The Morgan fingerprint density at radius 2 is 1.96 bits per heavy atom. The number of aromatic nitrogens is 1. The number of ether oxygens (including phenoxy) is 1. The number of para-hydroxylation sites is 1. The van der Waals surface area contributed by atoms with Gasteiger partial charge in [0.15, 0.2) is 5.13 Å². The van der Waals surface area contributed by atoms with Crippen LogP contribution in [-0.2, 0) is 10.0 Å². The van der Waals surface area contributed by atoms with Gasteiger partial charge in [0.25, 0.3) is 5.91 Å². The fraction of sp³-hybridized carbons (Fsp3) is 0.125. The molecule has 9 heteroatoms. The molecule has 130 valence electrons. The van der Waals surface area contributed by atoms with Gasteiger partial charge in [0.1, 0.15) is 5.75 Å². The summed E-state index contributed by atoms with van der Waals surface area (Å²) < 4.78 is 31.9. The summed E-state index contributed by atoms with van der Waals surface area (Å²) in [5.41, 5.74) is 0.998. The van der Waals surface area contributed by atoms with E-state index in [0.29, 0.717) is 26.7 Å². The number of carbonyl (C=O) groups excluding carboxylic acids is 1. The largest absolute Gasteiger partial charge is 0.496 e. The lowest BCUT2D eigenvalue weighted by atomic mass is 10.2. The number of nitrogens with zero attached hydrogens (tertiary/aromatic N) is 1. The zero-order chi connectivity index (χ0) is 18.0. The van der Waals surface area contributed by atoms with Crippen molar-refractivity contribution in [2.75, 3.05) is 19.5 Å². The van der Waals surface area contributed by atoms with E-state index in [-0.39, 0.29) is 10.8 Å². The van der Waals surface area contributed by atoms with Gasteiger partial charge in [-0.2, -0.15) is 0 Å². The van der Waals surface area contributed by atoms with E-state index in [4.69, 9.17) is 4.74 Å². The van der Waals surface area contributed by atoms with Crippen molar-refractivity contribution in [1.29, 1.82) is 0 Å². The highest BCUT2D eigenvalue weighted by Crippen LogP contribution is 2.29. The zero-order valence-corrected chi connectivity index (χ0v) is 15.1. The maximum absolute atomic E-state index is 12.4. The maximum Gasteiger partial charge on any atom is 0.261 e. The number of thiazole rings is 1. The highest BCUT2D eigenvalue weighted by atomic mass is 32.2. The van der Waals surface area contributed by atoms with Crippen LogP contribution in [0.2, 0.25) is 0 Å². The van der Waals surface area contributed by atoms with Crippen molar-refractivity contribution in [3.63, 3.8) is 0 Å². The van der Waals surface area contributed by atoms with Crippen molar-refractivity contribution in [3.8, 4) is 5.75 Å². The molecule has 0 aliphatic rings. The monoisotopic (exact) mass is 377 g/mol. The Balaban J connectivity index is 1.91.